The fourth-order valence-electron chi connectivity index (χ4n) is 5.05. The number of ether oxygens (including phenoxy) is 1. The number of aromatic amines is 1. The number of fused-ring (bicyclic) bond motifs is 1. The lowest BCUT2D eigenvalue weighted by Crippen LogP contribution is -2.59. The van der Waals surface area contributed by atoms with Crippen molar-refractivity contribution in [2.45, 2.75) is 38.5 Å². The molecule has 5 rings (SSSR count). The lowest BCUT2D eigenvalue weighted by molar-refractivity contribution is -0.215. The highest BCUT2D eigenvalue weighted by atomic mass is 19.4. The molecule has 3 aromatic rings. The Labute approximate surface area is 208 Å². The highest BCUT2D eigenvalue weighted by molar-refractivity contribution is 5.88. The second-order valence-corrected chi connectivity index (χ2v) is 9.51. The fourth-order valence-corrected chi connectivity index (χ4v) is 5.05. The van der Waals surface area contributed by atoms with E-state index in [4.69, 9.17) is 9.84 Å². The van der Waals surface area contributed by atoms with Gasteiger partial charge in [-0.1, -0.05) is 18.2 Å². The first-order valence-corrected chi connectivity index (χ1v) is 12.1. The first kappa shape index (κ1) is 26.0. The summed E-state index contributed by atoms with van der Waals surface area (Å²) in [4.78, 5) is 17.9. The molecule has 2 saturated heterocycles. The normalized spacial score (nSPS) is 17.9. The molecule has 9 heteroatoms. The molecule has 2 aliphatic rings. The number of benzene rings is 2. The number of nitrogens with zero attached hydrogens (tertiary/aromatic N) is 2. The van der Waals surface area contributed by atoms with E-state index in [2.05, 4.69) is 28.9 Å². The Hall–Kier alpha value is -3.04. The van der Waals surface area contributed by atoms with Gasteiger partial charge >= 0.3 is 12.1 Å². The van der Waals surface area contributed by atoms with E-state index in [1.54, 1.807) is 37.4 Å². The zero-order valence-corrected chi connectivity index (χ0v) is 20.5. The second kappa shape index (κ2) is 10.9. The van der Waals surface area contributed by atoms with Gasteiger partial charge in [-0.05, 0) is 62.7 Å². The van der Waals surface area contributed by atoms with E-state index in [0.29, 0.717) is 5.56 Å². The molecule has 6 nitrogen and oxygen atoms in total. The molecule has 0 aliphatic carbocycles. The zero-order valence-electron chi connectivity index (χ0n) is 20.5. The maximum absolute atomic E-state index is 12.7. The monoisotopic (exact) mass is 503 g/mol. The van der Waals surface area contributed by atoms with Crippen molar-refractivity contribution >= 4 is 16.9 Å². The lowest BCUT2D eigenvalue weighted by atomic mass is 9.92. The molecule has 2 fully saturated rings. The van der Waals surface area contributed by atoms with Crippen LogP contribution < -0.4 is 4.74 Å². The number of piperidine rings is 1. The first-order chi connectivity index (χ1) is 17.2. The van der Waals surface area contributed by atoms with Gasteiger partial charge in [0.05, 0.1) is 18.6 Å². The molecular formula is C27H32F3N3O3. The van der Waals surface area contributed by atoms with Crippen LogP contribution in [0.5, 0.6) is 5.75 Å². The number of carboxylic acid groups (broad SMARTS) is 1. The standard InChI is InChI=1S/C20H26F3N3O.C7H6O2/c1-13-9-18(27-2)17(16-3-6-24-19(13)16)12-25-7-4-15(5-8-25)26-10-14(11-26)20(21,22)23;8-7(9)6-4-2-1-3-5-6/h3,6,9,14-15,24H,4-5,7-8,10-12H2,1-2H3;1-5H,(H,8,9). The molecule has 1 aromatic heterocycles. The summed E-state index contributed by atoms with van der Waals surface area (Å²) < 4.78 is 43.7. The molecule has 0 radical (unpaired) electrons. The number of halogens is 3. The number of hydrogen-bond donors (Lipinski definition) is 2. The van der Waals surface area contributed by atoms with Crippen LogP contribution in [-0.2, 0) is 6.54 Å². The summed E-state index contributed by atoms with van der Waals surface area (Å²) in [6, 6.07) is 12.7. The predicted octanol–water partition coefficient (Wildman–Crippen LogP) is 5.33. The highest BCUT2D eigenvalue weighted by Gasteiger charge is 2.48. The molecule has 0 spiro atoms. The number of methoxy groups -OCH3 is 1. The largest absolute Gasteiger partial charge is 0.496 e. The van der Waals surface area contributed by atoms with Gasteiger partial charge in [-0.2, -0.15) is 13.2 Å². The van der Waals surface area contributed by atoms with Crippen LogP contribution in [0.3, 0.4) is 0 Å². The van der Waals surface area contributed by atoms with Crippen molar-refractivity contribution in [2.75, 3.05) is 33.3 Å². The molecule has 0 saturated carbocycles. The van der Waals surface area contributed by atoms with Crippen molar-refractivity contribution < 1.29 is 27.8 Å². The van der Waals surface area contributed by atoms with Gasteiger partial charge in [-0.25, -0.2) is 4.79 Å². The molecular weight excluding hydrogens is 471 g/mol. The third kappa shape index (κ3) is 5.84. The number of aromatic nitrogens is 1. The van der Waals surface area contributed by atoms with Crippen molar-refractivity contribution in [3.05, 3.63) is 65.4 Å². The minimum atomic E-state index is -4.04. The van der Waals surface area contributed by atoms with Gasteiger partial charge in [0.25, 0.3) is 0 Å². The zero-order chi connectivity index (χ0) is 25.9. The van der Waals surface area contributed by atoms with Crippen LogP contribution in [0.2, 0.25) is 0 Å². The van der Waals surface area contributed by atoms with E-state index in [-0.39, 0.29) is 19.1 Å². The predicted molar refractivity (Wildman–Crippen MR) is 132 cm³/mol. The third-order valence-corrected chi connectivity index (χ3v) is 7.18. The third-order valence-electron chi connectivity index (χ3n) is 7.18. The van der Waals surface area contributed by atoms with E-state index in [0.717, 1.165) is 49.3 Å². The van der Waals surface area contributed by atoms with Crippen LogP contribution in [0.25, 0.3) is 10.9 Å². The summed E-state index contributed by atoms with van der Waals surface area (Å²) >= 11 is 0. The topological polar surface area (TPSA) is 68.8 Å². The lowest BCUT2D eigenvalue weighted by Gasteiger charge is -2.47. The van der Waals surface area contributed by atoms with Gasteiger partial charge in [-0.15, -0.1) is 0 Å². The van der Waals surface area contributed by atoms with E-state index in [9.17, 15) is 18.0 Å². The molecule has 0 unspecified atom stereocenters. The minimum Gasteiger partial charge on any atom is -0.496 e. The Morgan fingerprint density at radius 2 is 1.81 bits per heavy atom. The average Bonchev–Trinajstić information content (AvgIpc) is 3.32. The smallest absolute Gasteiger partial charge is 0.394 e. The number of aryl methyl sites for hydroxylation is 1. The second-order valence-electron chi connectivity index (χ2n) is 9.51. The molecule has 194 valence electrons. The number of aromatic carboxylic acids is 1. The number of rotatable bonds is 5. The quantitative estimate of drug-likeness (QED) is 0.493. The molecule has 0 amide bonds. The first-order valence-electron chi connectivity index (χ1n) is 12.1. The van der Waals surface area contributed by atoms with E-state index in [1.807, 2.05) is 11.1 Å². The molecule has 0 atom stereocenters. The van der Waals surface area contributed by atoms with Crippen LogP contribution in [0.15, 0.2) is 48.7 Å². The molecule has 0 bridgehead atoms. The van der Waals surface area contributed by atoms with Crippen molar-refractivity contribution in [3.63, 3.8) is 0 Å². The van der Waals surface area contributed by atoms with Crippen LogP contribution in [-0.4, -0.2) is 71.4 Å². The summed E-state index contributed by atoms with van der Waals surface area (Å²) in [5, 5.41) is 9.57. The molecule has 2 aliphatic heterocycles. The Morgan fingerprint density at radius 1 is 1.14 bits per heavy atom. The van der Waals surface area contributed by atoms with E-state index >= 15 is 0 Å². The van der Waals surface area contributed by atoms with Crippen LogP contribution in [0.1, 0.15) is 34.3 Å². The van der Waals surface area contributed by atoms with Gasteiger partial charge in [0.2, 0.25) is 0 Å². The van der Waals surface area contributed by atoms with Gasteiger partial charge in [0.1, 0.15) is 5.75 Å². The van der Waals surface area contributed by atoms with Gasteiger partial charge in [0.15, 0.2) is 0 Å². The number of hydrogen-bond acceptors (Lipinski definition) is 4. The minimum absolute atomic E-state index is 0.171. The fraction of sp³-hybridized carbons (Fsp3) is 0.444. The van der Waals surface area contributed by atoms with Crippen LogP contribution in [0, 0.1) is 12.8 Å². The maximum Gasteiger partial charge on any atom is 0.394 e. The average molecular weight is 504 g/mol. The van der Waals surface area contributed by atoms with E-state index in [1.165, 1.54) is 10.9 Å². The molecule has 3 heterocycles. The summed E-state index contributed by atoms with van der Waals surface area (Å²) in [7, 11) is 1.70. The number of likely N-dealkylation sites (tertiary alicyclic amines) is 2. The van der Waals surface area contributed by atoms with Crippen molar-refractivity contribution in [1.29, 1.82) is 0 Å². The molecule has 2 aromatic carbocycles. The van der Waals surface area contributed by atoms with Crippen LogP contribution in [0.4, 0.5) is 13.2 Å². The number of carbonyl (C=O) groups is 1. The molecule has 36 heavy (non-hydrogen) atoms. The number of carboxylic acids is 1. The molecule has 2 N–H and O–H groups in total. The van der Waals surface area contributed by atoms with Crippen molar-refractivity contribution in [2.24, 2.45) is 5.92 Å². The highest BCUT2D eigenvalue weighted by Crippen LogP contribution is 2.37. The van der Waals surface area contributed by atoms with Crippen LogP contribution >= 0.6 is 0 Å². The Bertz CT molecular complexity index is 1170. The number of nitrogens with one attached hydrogen (secondary N) is 1. The Morgan fingerprint density at radius 3 is 2.36 bits per heavy atom. The number of H-pyrrole nitrogens is 1. The maximum atomic E-state index is 12.7. The summed E-state index contributed by atoms with van der Waals surface area (Å²) in [6.07, 6.45) is -0.237. The van der Waals surface area contributed by atoms with Gasteiger partial charge in [0, 0.05) is 48.3 Å². The van der Waals surface area contributed by atoms with Crippen molar-refractivity contribution in [3.8, 4) is 5.75 Å². The van der Waals surface area contributed by atoms with Crippen molar-refractivity contribution in [1.82, 2.24) is 14.8 Å². The Balaban J connectivity index is 0.000000286. The summed E-state index contributed by atoms with van der Waals surface area (Å²) in [5.41, 5.74) is 3.81. The number of alkyl halides is 3. The summed E-state index contributed by atoms with van der Waals surface area (Å²) in [5.74, 6) is -1.11. The SMILES string of the molecule is COc1cc(C)c2[nH]ccc2c1CN1CCC(N2CC(C(F)(F)F)C2)CC1.O=C(O)c1ccccc1. The summed E-state index contributed by atoms with van der Waals surface area (Å²) in [6.45, 7) is 5.02. The van der Waals surface area contributed by atoms with E-state index < -0.39 is 18.1 Å². The Kier molecular flexibility index (Phi) is 7.90. The van der Waals surface area contributed by atoms with Gasteiger partial charge in [-0.3, -0.25) is 9.80 Å². The van der Waals surface area contributed by atoms with Gasteiger partial charge < -0.3 is 14.8 Å².